The molecule has 0 fully saturated rings. The van der Waals surface area contributed by atoms with Crippen LogP contribution in [0.5, 0.6) is 5.75 Å². The van der Waals surface area contributed by atoms with Crippen LogP contribution in [-0.4, -0.2) is 5.11 Å². The molecule has 0 bridgehead atoms. The van der Waals surface area contributed by atoms with E-state index in [1.807, 2.05) is 18.2 Å². The molecule has 0 aromatic heterocycles. The molecule has 0 spiro atoms. The largest absolute Gasteiger partial charge is 0.489 e. The Hall–Kier alpha value is -1.39. The molecule has 1 atom stereocenters. The van der Waals surface area contributed by atoms with Gasteiger partial charge in [0, 0.05) is 0 Å². The van der Waals surface area contributed by atoms with Gasteiger partial charge in [0.15, 0.2) is 0 Å². The van der Waals surface area contributed by atoms with Crippen molar-refractivity contribution in [3.05, 3.63) is 63.4 Å². The van der Waals surface area contributed by atoms with Gasteiger partial charge in [-0.2, -0.15) is 0 Å². The van der Waals surface area contributed by atoms with Crippen molar-refractivity contribution in [1.82, 2.24) is 0 Å². The lowest BCUT2D eigenvalue weighted by Gasteiger charge is -2.22. The van der Waals surface area contributed by atoms with Gasteiger partial charge >= 0.3 is 0 Å². The Morgan fingerprint density at radius 1 is 1.24 bits per heavy atom. The lowest BCUT2D eigenvalue weighted by atomic mass is 9.89. The lowest BCUT2D eigenvalue weighted by molar-refractivity contribution is 0.156. The summed E-state index contributed by atoms with van der Waals surface area (Å²) in [6.45, 7) is 0.369. The Bertz CT molecular complexity index is 657. The molecule has 2 aromatic rings. The quantitative estimate of drug-likeness (QED) is 0.880. The predicted octanol–water partition coefficient (Wildman–Crippen LogP) is 4.54. The summed E-state index contributed by atoms with van der Waals surface area (Å²) in [4.78, 5) is 0. The van der Waals surface area contributed by atoms with Crippen molar-refractivity contribution in [3.63, 3.8) is 0 Å². The van der Waals surface area contributed by atoms with E-state index in [0.29, 0.717) is 11.1 Å². The highest BCUT2D eigenvalue weighted by Crippen LogP contribution is 2.32. The van der Waals surface area contributed by atoms with Gasteiger partial charge in [-0.15, -0.1) is 0 Å². The number of hydrogen-bond donors (Lipinski definition) is 1. The molecule has 1 aliphatic carbocycles. The first-order valence-corrected chi connectivity index (χ1v) is 7.80. The van der Waals surface area contributed by atoms with Crippen LogP contribution in [0.3, 0.4) is 0 Å². The molecule has 0 saturated carbocycles. The van der Waals surface area contributed by atoms with Gasteiger partial charge in [0.1, 0.15) is 18.2 Å². The van der Waals surface area contributed by atoms with Crippen LogP contribution in [0.15, 0.2) is 40.9 Å². The minimum Gasteiger partial charge on any atom is -0.489 e. The number of aryl methyl sites for hydroxylation is 1. The lowest BCUT2D eigenvalue weighted by Crippen LogP contribution is -2.09. The summed E-state index contributed by atoms with van der Waals surface area (Å²) in [5.74, 6) is 0.450. The monoisotopic (exact) mass is 350 g/mol. The van der Waals surface area contributed by atoms with Crippen LogP contribution in [0.2, 0.25) is 0 Å². The zero-order valence-corrected chi connectivity index (χ0v) is 13.1. The average Bonchev–Trinajstić information content (AvgIpc) is 2.49. The molecule has 3 rings (SSSR count). The summed E-state index contributed by atoms with van der Waals surface area (Å²) >= 11 is 3.17. The van der Waals surface area contributed by atoms with Crippen molar-refractivity contribution in [2.75, 3.05) is 0 Å². The first-order valence-electron chi connectivity index (χ1n) is 7.01. The Labute approximate surface area is 131 Å². The second-order valence-electron chi connectivity index (χ2n) is 5.31. The van der Waals surface area contributed by atoms with E-state index in [4.69, 9.17) is 4.74 Å². The van der Waals surface area contributed by atoms with E-state index >= 15 is 0 Å². The highest BCUT2D eigenvalue weighted by atomic mass is 79.9. The van der Waals surface area contributed by atoms with Crippen LogP contribution in [0.25, 0.3) is 0 Å². The van der Waals surface area contributed by atoms with Crippen molar-refractivity contribution >= 4 is 15.9 Å². The predicted molar refractivity (Wildman–Crippen MR) is 82.8 cm³/mol. The third kappa shape index (κ3) is 3.27. The van der Waals surface area contributed by atoms with Gasteiger partial charge < -0.3 is 9.84 Å². The summed E-state index contributed by atoms with van der Waals surface area (Å²) in [5, 5.41) is 10.0. The second-order valence-corrected chi connectivity index (χ2v) is 6.16. The fourth-order valence-electron chi connectivity index (χ4n) is 2.64. The summed E-state index contributed by atoms with van der Waals surface area (Å²) in [6.07, 6.45) is 2.45. The molecule has 1 aliphatic rings. The fourth-order valence-corrected chi connectivity index (χ4v) is 3.06. The zero-order chi connectivity index (χ0) is 14.8. The smallest absolute Gasteiger partial charge is 0.137 e. The zero-order valence-electron chi connectivity index (χ0n) is 11.5. The summed E-state index contributed by atoms with van der Waals surface area (Å²) in [6, 6.07) is 10.7. The third-order valence-electron chi connectivity index (χ3n) is 3.79. The summed E-state index contributed by atoms with van der Waals surface area (Å²) < 4.78 is 19.4. The number of fused-ring (bicyclic) bond motifs is 1. The van der Waals surface area contributed by atoms with E-state index in [-0.39, 0.29) is 5.82 Å². The van der Waals surface area contributed by atoms with Crippen LogP contribution < -0.4 is 4.74 Å². The van der Waals surface area contributed by atoms with Gasteiger partial charge in [-0.25, -0.2) is 4.39 Å². The van der Waals surface area contributed by atoms with Crippen LogP contribution in [0.1, 0.15) is 35.6 Å². The van der Waals surface area contributed by atoms with E-state index in [2.05, 4.69) is 15.9 Å². The molecule has 4 heteroatoms. The molecule has 0 heterocycles. The van der Waals surface area contributed by atoms with Crippen LogP contribution in [0.4, 0.5) is 4.39 Å². The van der Waals surface area contributed by atoms with E-state index in [9.17, 15) is 9.50 Å². The number of hydrogen-bond acceptors (Lipinski definition) is 2. The Morgan fingerprint density at radius 2 is 2.10 bits per heavy atom. The molecular formula is C17H16BrFO2. The summed E-state index contributed by atoms with van der Waals surface area (Å²) in [7, 11) is 0. The average molecular weight is 351 g/mol. The second kappa shape index (κ2) is 6.16. The SMILES string of the molecule is OC1CCCc2ccc(OCc3ccc(F)c(Br)c3)cc21. The molecule has 110 valence electrons. The Kier molecular flexibility index (Phi) is 4.27. The number of rotatable bonds is 3. The maximum Gasteiger partial charge on any atom is 0.137 e. The Morgan fingerprint density at radius 3 is 2.90 bits per heavy atom. The number of benzene rings is 2. The molecule has 1 N–H and O–H groups in total. The molecule has 0 amide bonds. The first kappa shape index (κ1) is 14.5. The van der Waals surface area contributed by atoms with Gasteiger partial charge in [-0.1, -0.05) is 12.1 Å². The van der Waals surface area contributed by atoms with E-state index in [1.54, 1.807) is 12.1 Å². The van der Waals surface area contributed by atoms with Gasteiger partial charge in [-0.3, -0.25) is 0 Å². The highest BCUT2D eigenvalue weighted by molar-refractivity contribution is 9.10. The molecule has 0 saturated heterocycles. The molecule has 0 radical (unpaired) electrons. The molecular weight excluding hydrogens is 335 g/mol. The summed E-state index contributed by atoms with van der Waals surface area (Å²) in [5.41, 5.74) is 3.06. The van der Waals surface area contributed by atoms with Gasteiger partial charge in [0.05, 0.1) is 10.6 Å². The molecule has 21 heavy (non-hydrogen) atoms. The van der Waals surface area contributed by atoms with Crippen molar-refractivity contribution in [1.29, 1.82) is 0 Å². The van der Waals surface area contributed by atoms with Crippen molar-refractivity contribution in [3.8, 4) is 5.75 Å². The third-order valence-corrected chi connectivity index (χ3v) is 4.40. The Balaban J connectivity index is 1.73. The number of halogens is 2. The number of ether oxygens (including phenoxy) is 1. The molecule has 2 aromatic carbocycles. The maximum atomic E-state index is 13.2. The topological polar surface area (TPSA) is 29.5 Å². The number of aliphatic hydroxyl groups is 1. The maximum absolute atomic E-state index is 13.2. The van der Waals surface area contributed by atoms with E-state index in [0.717, 1.165) is 36.1 Å². The van der Waals surface area contributed by atoms with E-state index < -0.39 is 6.10 Å². The fraction of sp³-hybridized carbons (Fsp3) is 0.294. The van der Waals surface area contributed by atoms with Gasteiger partial charge in [0.2, 0.25) is 0 Å². The molecule has 0 aliphatic heterocycles. The van der Waals surface area contributed by atoms with E-state index in [1.165, 1.54) is 11.6 Å². The van der Waals surface area contributed by atoms with Crippen molar-refractivity contribution in [2.24, 2.45) is 0 Å². The van der Waals surface area contributed by atoms with Gasteiger partial charge in [0.25, 0.3) is 0 Å². The highest BCUT2D eigenvalue weighted by Gasteiger charge is 2.18. The van der Waals surface area contributed by atoms with Crippen molar-refractivity contribution < 1.29 is 14.2 Å². The molecule has 1 unspecified atom stereocenters. The van der Waals surface area contributed by atoms with Crippen molar-refractivity contribution in [2.45, 2.75) is 32.0 Å². The van der Waals surface area contributed by atoms with Crippen LogP contribution in [-0.2, 0) is 13.0 Å². The first-order chi connectivity index (χ1) is 10.1. The number of aliphatic hydroxyl groups excluding tert-OH is 1. The van der Waals surface area contributed by atoms with Crippen LogP contribution in [0, 0.1) is 5.82 Å². The molecule has 2 nitrogen and oxygen atoms in total. The minimum absolute atomic E-state index is 0.282. The minimum atomic E-state index is -0.391. The van der Waals surface area contributed by atoms with Gasteiger partial charge in [-0.05, 0) is 76.1 Å². The normalized spacial score (nSPS) is 17.4. The van der Waals surface area contributed by atoms with Crippen LogP contribution >= 0.6 is 15.9 Å². The standard InChI is InChI=1S/C17H16BrFO2/c18-15-8-11(4-7-16(15)19)10-21-13-6-5-12-2-1-3-17(20)14(12)9-13/h4-9,17,20H,1-3,10H2.